The number of alkyl halides is 2. The first-order valence-electron chi connectivity index (χ1n) is 5.16. The van der Waals surface area contributed by atoms with Crippen LogP contribution in [0, 0.1) is 5.92 Å². The van der Waals surface area contributed by atoms with Crippen molar-refractivity contribution in [1.82, 2.24) is 0 Å². The Morgan fingerprint density at radius 3 is 2.50 bits per heavy atom. The van der Waals surface area contributed by atoms with E-state index in [1.165, 1.54) is 0 Å². The first-order chi connectivity index (χ1) is 6.55. The number of hydrogen-bond donors (Lipinski definition) is 0. The Morgan fingerprint density at radius 2 is 2.00 bits per heavy atom. The molecule has 0 bridgehead atoms. The molecule has 4 heteroatoms. The Hall–Kier alpha value is -0.0400. The van der Waals surface area contributed by atoms with Gasteiger partial charge in [0.05, 0.1) is 0 Å². The van der Waals surface area contributed by atoms with Crippen molar-refractivity contribution in [2.24, 2.45) is 5.92 Å². The Kier molecular flexibility index (Phi) is 4.43. The highest BCUT2D eigenvalue weighted by Gasteiger charge is 2.36. The summed E-state index contributed by atoms with van der Waals surface area (Å²) in [5.74, 6) is -2.38. The van der Waals surface area contributed by atoms with Crippen molar-refractivity contribution in [2.75, 3.05) is 12.3 Å². The molecule has 1 saturated carbocycles. The summed E-state index contributed by atoms with van der Waals surface area (Å²) in [4.78, 5) is 11.5. The van der Waals surface area contributed by atoms with E-state index < -0.39 is 5.92 Å². The molecule has 1 aliphatic rings. The standard InChI is InChI=1S/C10H17F2OP/c1-2-14-7-9(13)8-3-5-10(11,12)6-4-8/h8,14H,2-7H2,1H3. The predicted octanol–water partition coefficient (Wildman–Crippen LogP) is 3.08. The van der Waals surface area contributed by atoms with Crippen molar-refractivity contribution >= 4 is 14.4 Å². The minimum atomic E-state index is -2.51. The molecule has 1 atom stereocenters. The maximum absolute atomic E-state index is 12.8. The summed E-state index contributed by atoms with van der Waals surface area (Å²) in [5.41, 5.74) is 0. The van der Waals surface area contributed by atoms with E-state index in [9.17, 15) is 13.6 Å². The average molecular weight is 222 g/mol. The van der Waals surface area contributed by atoms with Crippen LogP contribution in [0.25, 0.3) is 0 Å². The van der Waals surface area contributed by atoms with Crippen LogP contribution in [0.15, 0.2) is 0 Å². The van der Waals surface area contributed by atoms with Crippen LogP contribution >= 0.6 is 8.58 Å². The fraction of sp³-hybridized carbons (Fsp3) is 0.900. The summed E-state index contributed by atoms with van der Waals surface area (Å²) in [5, 5.41) is 0. The van der Waals surface area contributed by atoms with Crippen LogP contribution in [-0.4, -0.2) is 24.0 Å². The van der Waals surface area contributed by atoms with Gasteiger partial charge in [-0.1, -0.05) is 6.92 Å². The van der Waals surface area contributed by atoms with Gasteiger partial charge in [0.15, 0.2) is 0 Å². The van der Waals surface area contributed by atoms with Crippen molar-refractivity contribution < 1.29 is 13.6 Å². The lowest BCUT2D eigenvalue weighted by Crippen LogP contribution is -2.29. The zero-order chi connectivity index (χ0) is 10.6. The molecular weight excluding hydrogens is 205 g/mol. The summed E-state index contributed by atoms with van der Waals surface area (Å²) in [7, 11) is 0.669. The minimum Gasteiger partial charge on any atom is -0.299 e. The number of ketones is 1. The second-order valence-electron chi connectivity index (χ2n) is 3.88. The molecule has 14 heavy (non-hydrogen) atoms. The third kappa shape index (κ3) is 3.61. The van der Waals surface area contributed by atoms with Crippen molar-refractivity contribution in [3.05, 3.63) is 0 Å². The quantitative estimate of drug-likeness (QED) is 0.668. The van der Waals surface area contributed by atoms with Gasteiger partial charge in [-0.25, -0.2) is 8.78 Å². The van der Waals surface area contributed by atoms with E-state index in [0.29, 0.717) is 27.6 Å². The van der Waals surface area contributed by atoms with Crippen LogP contribution in [0.2, 0.25) is 0 Å². The molecule has 1 rings (SSSR count). The highest BCUT2D eigenvalue weighted by atomic mass is 31.1. The summed E-state index contributed by atoms with van der Waals surface area (Å²) in [6, 6.07) is 0. The minimum absolute atomic E-state index is 0.0753. The molecule has 0 N–H and O–H groups in total. The van der Waals surface area contributed by atoms with Crippen molar-refractivity contribution in [2.45, 2.75) is 38.5 Å². The molecule has 0 aromatic carbocycles. The van der Waals surface area contributed by atoms with Gasteiger partial charge in [-0.05, 0) is 19.0 Å². The van der Waals surface area contributed by atoms with E-state index in [-0.39, 0.29) is 24.5 Å². The van der Waals surface area contributed by atoms with Crippen molar-refractivity contribution in [3.8, 4) is 0 Å². The van der Waals surface area contributed by atoms with Crippen LogP contribution < -0.4 is 0 Å². The molecule has 1 nitrogen and oxygen atoms in total. The van der Waals surface area contributed by atoms with Crippen molar-refractivity contribution in [3.63, 3.8) is 0 Å². The molecule has 0 spiro atoms. The molecule has 82 valence electrons. The van der Waals surface area contributed by atoms with Crippen LogP contribution in [-0.2, 0) is 4.79 Å². The maximum Gasteiger partial charge on any atom is 0.248 e. The van der Waals surface area contributed by atoms with Crippen LogP contribution in [0.1, 0.15) is 32.6 Å². The van der Waals surface area contributed by atoms with E-state index in [4.69, 9.17) is 0 Å². The van der Waals surface area contributed by atoms with E-state index >= 15 is 0 Å². The largest absolute Gasteiger partial charge is 0.299 e. The van der Waals surface area contributed by atoms with Gasteiger partial charge in [0.25, 0.3) is 0 Å². The molecule has 1 unspecified atom stereocenters. The number of Topliss-reactive ketones (excluding diaryl/α,β-unsaturated/α-hetero) is 1. The molecule has 0 amide bonds. The highest BCUT2D eigenvalue weighted by Crippen LogP contribution is 2.36. The second-order valence-corrected chi connectivity index (χ2v) is 5.44. The number of hydrogen-bond acceptors (Lipinski definition) is 1. The lowest BCUT2D eigenvalue weighted by Gasteiger charge is -2.27. The van der Waals surface area contributed by atoms with Crippen LogP contribution in [0.3, 0.4) is 0 Å². The number of carbonyl (C=O) groups is 1. The molecule has 0 aliphatic heterocycles. The number of carbonyl (C=O) groups excluding carboxylic acids is 1. The third-order valence-electron chi connectivity index (χ3n) is 2.72. The summed E-state index contributed by atoms with van der Waals surface area (Å²) in [6.45, 7) is 2.04. The fourth-order valence-electron chi connectivity index (χ4n) is 1.75. The van der Waals surface area contributed by atoms with Gasteiger partial charge in [-0.2, -0.15) is 0 Å². The Morgan fingerprint density at radius 1 is 1.43 bits per heavy atom. The Labute approximate surface area is 85.4 Å². The Bertz CT molecular complexity index is 196. The second kappa shape index (κ2) is 5.16. The molecule has 0 aromatic rings. The van der Waals surface area contributed by atoms with Crippen molar-refractivity contribution in [1.29, 1.82) is 0 Å². The summed E-state index contributed by atoms with van der Waals surface area (Å²) in [6.07, 6.45) is 2.21. The molecule has 0 aromatic heterocycles. The topological polar surface area (TPSA) is 17.1 Å². The highest BCUT2D eigenvalue weighted by molar-refractivity contribution is 7.39. The summed E-state index contributed by atoms with van der Waals surface area (Å²) < 4.78 is 25.6. The summed E-state index contributed by atoms with van der Waals surface area (Å²) >= 11 is 0. The molecule has 0 radical (unpaired) electrons. The maximum atomic E-state index is 12.8. The SMILES string of the molecule is CCPCC(=O)C1CCC(F)(F)CC1. The smallest absolute Gasteiger partial charge is 0.248 e. The molecule has 1 aliphatic carbocycles. The zero-order valence-electron chi connectivity index (χ0n) is 8.48. The molecule has 1 fully saturated rings. The zero-order valence-corrected chi connectivity index (χ0v) is 9.48. The van der Waals surface area contributed by atoms with Gasteiger partial charge in [-0.15, -0.1) is 8.58 Å². The van der Waals surface area contributed by atoms with Gasteiger partial charge in [0.1, 0.15) is 5.78 Å². The molecule has 0 heterocycles. The van der Waals surface area contributed by atoms with E-state index in [1.807, 2.05) is 6.92 Å². The fourth-order valence-corrected chi connectivity index (χ4v) is 2.54. The van der Waals surface area contributed by atoms with E-state index in [2.05, 4.69) is 0 Å². The predicted molar refractivity (Wildman–Crippen MR) is 55.6 cm³/mol. The first kappa shape index (κ1) is 12.0. The van der Waals surface area contributed by atoms with Gasteiger partial charge in [0, 0.05) is 24.9 Å². The monoisotopic (exact) mass is 222 g/mol. The number of halogens is 2. The lowest BCUT2D eigenvalue weighted by molar-refractivity contribution is -0.124. The number of rotatable bonds is 4. The van der Waals surface area contributed by atoms with Gasteiger partial charge in [0.2, 0.25) is 5.92 Å². The molecular formula is C10H17F2OP. The first-order valence-corrected chi connectivity index (χ1v) is 6.58. The normalized spacial score (nSPS) is 23.1. The lowest BCUT2D eigenvalue weighted by atomic mass is 9.84. The van der Waals surface area contributed by atoms with E-state index in [1.54, 1.807) is 0 Å². The van der Waals surface area contributed by atoms with Gasteiger partial charge < -0.3 is 0 Å². The van der Waals surface area contributed by atoms with Crippen LogP contribution in [0.5, 0.6) is 0 Å². The average Bonchev–Trinajstić information content (AvgIpc) is 2.14. The third-order valence-corrected chi connectivity index (χ3v) is 3.82. The van der Waals surface area contributed by atoms with E-state index in [0.717, 1.165) is 6.16 Å². The molecule has 0 saturated heterocycles. The Balaban J connectivity index is 2.30. The van der Waals surface area contributed by atoms with Crippen LogP contribution in [0.4, 0.5) is 8.78 Å². The van der Waals surface area contributed by atoms with Gasteiger partial charge in [-0.3, -0.25) is 4.79 Å². The van der Waals surface area contributed by atoms with Gasteiger partial charge >= 0.3 is 0 Å².